The molecule has 120 valence electrons. The van der Waals surface area contributed by atoms with Gasteiger partial charge in [0.05, 0.1) is 6.61 Å². The molecule has 0 aliphatic heterocycles. The summed E-state index contributed by atoms with van der Waals surface area (Å²) in [5.74, 6) is -0.487. The van der Waals surface area contributed by atoms with Crippen molar-refractivity contribution in [2.75, 3.05) is 26.8 Å². The molecule has 0 spiro atoms. The number of nitrogens with zero attached hydrogens (tertiary/aromatic N) is 1. The van der Waals surface area contributed by atoms with Crippen LogP contribution in [0.3, 0.4) is 0 Å². The fourth-order valence-corrected chi connectivity index (χ4v) is 2.51. The van der Waals surface area contributed by atoms with Crippen LogP contribution in [0.1, 0.15) is 32.1 Å². The van der Waals surface area contributed by atoms with Crippen LogP contribution in [0.5, 0.6) is 0 Å². The van der Waals surface area contributed by atoms with Gasteiger partial charge in [-0.25, -0.2) is 0 Å². The molecule has 0 heterocycles. The van der Waals surface area contributed by atoms with Gasteiger partial charge in [0.25, 0.3) is 0 Å². The smallest absolute Gasteiger partial charge is 0.233 e. The first-order valence-electron chi connectivity index (χ1n) is 7.09. The standard InChI is InChI=1S/C13H24N4O4/c1-21-9-8-15-10(18)4-7-16-12(19)13(11(14)17-20)5-2-3-6-13/h20H,2-9H2,1H3,(H2,14,17)(H,15,18)(H,16,19). The number of nitrogens with two attached hydrogens (primary N) is 1. The fourth-order valence-electron chi connectivity index (χ4n) is 2.51. The number of rotatable bonds is 8. The summed E-state index contributed by atoms with van der Waals surface area (Å²) in [5.41, 5.74) is 4.74. The summed E-state index contributed by atoms with van der Waals surface area (Å²) in [4.78, 5) is 23.8. The molecule has 1 fully saturated rings. The number of carbonyl (C=O) groups excluding carboxylic acids is 2. The predicted molar refractivity (Wildman–Crippen MR) is 76.8 cm³/mol. The van der Waals surface area contributed by atoms with Crippen LogP contribution in [-0.4, -0.2) is 49.7 Å². The molecule has 0 aromatic heterocycles. The van der Waals surface area contributed by atoms with Crippen LogP contribution in [-0.2, 0) is 14.3 Å². The molecule has 2 amide bonds. The molecule has 0 atom stereocenters. The Bertz CT molecular complexity index is 392. The van der Waals surface area contributed by atoms with Gasteiger partial charge in [-0.3, -0.25) is 9.59 Å². The maximum atomic E-state index is 12.3. The Balaban J connectivity index is 2.40. The maximum Gasteiger partial charge on any atom is 0.233 e. The molecule has 0 aromatic rings. The molecule has 8 nitrogen and oxygen atoms in total. The second kappa shape index (κ2) is 8.46. The quantitative estimate of drug-likeness (QED) is 0.159. The number of hydrogen-bond donors (Lipinski definition) is 4. The number of ether oxygens (including phenoxy) is 1. The molecule has 0 saturated heterocycles. The van der Waals surface area contributed by atoms with E-state index >= 15 is 0 Å². The van der Waals surface area contributed by atoms with Crippen LogP contribution in [0.15, 0.2) is 5.16 Å². The highest BCUT2D eigenvalue weighted by Gasteiger charge is 2.45. The minimum atomic E-state index is -0.929. The normalized spacial score (nSPS) is 17.5. The largest absolute Gasteiger partial charge is 0.409 e. The monoisotopic (exact) mass is 300 g/mol. The molecule has 0 unspecified atom stereocenters. The average Bonchev–Trinajstić information content (AvgIpc) is 2.97. The van der Waals surface area contributed by atoms with Gasteiger partial charge < -0.3 is 26.3 Å². The van der Waals surface area contributed by atoms with Crippen molar-refractivity contribution in [1.29, 1.82) is 0 Å². The van der Waals surface area contributed by atoms with Crippen molar-refractivity contribution >= 4 is 17.6 Å². The summed E-state index contributed by atoms with van der Waals surface area (Å²) in [5, 5.41) is 17.2. The lowest BCUT2D eigenvalue weighted by Gasteiger charge is -2.25. The van der Waals surface area contributed by atoms with E-state index in [0.717, 1.165) is 12.8 Å². The molecule has 0 aromatic carbocycles. The SMILES string of the molecule is COCCNC(=O)CCNC(=O)C1(C(N)=NO)CCCC1. The van der Waals surface area contributed by atoms with Crippen molar-refractivity contribution in [2.45, 2.75) is 32.1 Å². The Kier molecular flexibility index (Phi) is 6.93. The van der Waals surface area contributed by atoms with Gasteiger partial charge in [-0.15, -0.1) is 0 Å². The van der Waals surface area contributed by atoms with E-state index in [-0.39, 0.29) is 30.6 Å². The summed E-state index contributed by atoms with van der Waals surface area (Å²) in [6.07, 6.45) is 3.04. The third kappa shape index (κ3) is 4.59. The van der Waals surface area contributed by atoms with E-state index in [1.807, 2.05) is 0 Å². The van der Waals surface area contributed by atoms with Crippen LogP contribution in [0.2, 0.25) is 0 Å². The van der Waals surface area contributed by atoms with Gasteiger partial charge in [-0.05, 0) is 12.8 Å². The highest BCUT2D eigenvalue weighted by molar-refractivity contribution is 6.07. The van der Waals surface area contributed by atoms with Gasteiger partial charge in [0.15, 0.2) is 5.84 Å². The molecule has 1 aliphatic carbocycles. The highest BCUT2D eigenvalue weighted by Crippen LogP contribution is 2.38. The van der Waals surface area contributed by atoms with E-state index < -0.39 is 5.41 Å². The van der Waals surface area contributed by atoms with Gasteiger partial charge in [0.1, 0.15) is 5.41 Å². The van der Waals surface area contributed by atoms with Crippen molar-refractivity contribution < 1.29 is 19.5 Å². The van der Waals surface area contributed by atoms with Gasteiger partial charge in [0, 0.05) is 26.6 Å². The Morgan fingerprint density at radius 3 is 2.52 bits per heavy atom. The van der Waals surface area contributed by atoms with Crippen molar-refractivity contribution in [1.82, 2.24) is 10.6 Å². The molecular weight excluding hydrogens is 276 g/mol. The molecule has 1 saturated carbocycles. The topological polar surface area (TPSA) is 126 Å². The fraction of sp³-hybridized carbons (Fsp3) is 0.769. The molecule has 1 rings (SSSR count). The summed E-state index contributed by atoms with van der Waals surface area (Å²) >= 11 is 0. The lowest BCUT2D eigenvalue weighted by atomic mass is 9.84. The molecule has 5 N–H and O–H groups in total. The predicted octanol–water partition coefficient (Wildman–Crippen LogP) is -0.438. The summed E-state index contributed by atoms with van der Waals surface area (Å²) < 4.78 is 4.82. The van der Waals surface area contributed by atoms with Gasteiger partial charge in [-0.2, -0.15) is 0 Å². The zero-order valence-corrected chi connectivity index (χ0v) is 12.4. The van der Waals surface area contributed by atoms with Crippen molar-refractivity contribution in [3.63, 3.8) is 0 Å². The minimum Gasteiger partial charge on any atom is -0.409 e. The van der Waals surface area contributed by atoms with E-state index in [2.05, 4.69) is 15.8 Å². The average molecular weight is 300 g/mol. The minimum absolute atomic E-state index is 0.0537. The van der Waals surface area contributed by atoms with Crippen molar-refractivity contribution in [3.8, 4) is 0 Å². The van der Waals surface area contributed by atoms with Crippen molar-refractivity contribution in [2.24, 2.45) is 16.3 Å². The van der Waals surface area contributed by atoms with E-state index in [1.165, 1.54) is 0 Å². The van der Waals surface area contributed by atoms with E-state index in [4.69, 9.17) is 15.7 Å². The lowest BCUT2D eigenvalue weighted by molar-refractivity contribution is -0.127. The second-order valence-corrected chi connectivity index (χ2v) is 5.12. The Morgan fingerprint density at radius 2 is 1.95 bits per heavy atom. The van der Waals surface area contributed by atoms with Crippen LogP contribution in [0.25, 0.3) is 0 Å². The Morgan fingerprint density at radius 1 is 1.29 bits per heavy atom. The Hall–Kier alpha value is -1.83. The number of methoxy groups -OCH3 is 1. The first kappa shape index (κ1) is 17.2. The highest BCUT2D eigenvalue weighted by atomic mass is 16.5. The molecule has 0 bridgehead atoms. The summed E-state index contributed by atoms with van der Waals surface area (Å²) in [6.45, 7) is 1.11. The van der Waals surface area contributed by atoms with E-state index in [9.17, 15) is 9.59 Å². The number of amides is 2. The molecular formula is C13H24N4O4. The van der Waals surface area contributed by atoms with Gasteiger partial charge in [0.2, 0.25) is 11.8 Å². The zero-order valence-electron chi connectivity index (χ0n) is 12.4. The third-order valence-electron chi connectivity index (χ3n) is 3.76. The van der Waals surface area contributed by atoms with Crippen molar-refractivity contribution in [3.05, 3.63) is 0 Å². The van der Waals surface area contributed by atoms with Crippen LogP contribution in [0.4, 0.5) is 0 Å². The van der Waals surface area contributed by atoms with Crippen LogP contribution < -0.4 is 16.4 Å². The first-order valence-corrected chi connectivity index (χ1v) is 7.09. The number of carbonyl (C=O) groups is 2. The van der Waals surface area contributed by atoms with Crippen LogP contribution in [0, 0.1) is 5.41 Å². The zero-order chi connectivity index (χ0) is 15.7. The number of amidine groups is 1. The van der Waals surface area contributed by atoms with E-state index in [1.54, 1.807) is 7.11 Å². The molecule has 1 aliphatic rings. The molecule has 8 heteroatoms. The first-order chi connectivity index (χ1) is 10.1. The van der Waals surface area contributed by atoms with E-state index in [0.29, 0.717) is 26.0 Å². The van der Waals surface area contributed by atoms with Gasteiger partial charge in [-0.1, -0.05) is 18.0 Å². The van der Waals surface area contributed by atoms with Gasteiger partial charge >= 0.3 is 0 Å². The maximum absolute atomic E-state index is 12.3. The molecule has 0 radical (unpaired) electrons. The number of nitrogens with one attached hydrogen (secondary N) is 2. The number of oxime groups is 1. The number of hydrogen-bond acceptors (Lipinski definition) is 5. The van der Waals surface area contributed by atoms with Crippen LogP contribution >= 0.6 is 0 Å². The Labute approximate surface area is 124 Å². The third-order valence-corrected chi connectivity index (χ3v) is 3.76. The summed E-state index contributed by atoms with van der Waals surface area (Å²) in [6, 6.07) is 0. The summed E-state index contributed by atoms with van der Waals surface area (Å²) in [7, 11) is 1.56. The lowest BCUT2D eigenvalue weighted by Crippen LogP contribution is -2.48. The molecule has 21 heavy (non-hydrogen) atoms. The second-order valence-electron chi connectivity index (χ2n) is 5.12.